The third-order valence-corrected chi connectivity index (χ3v) is 7.82. The van der Waals surface area contributed by atoms with Gasteiger partial charge in [-0.25, -0.2) is 22.7 Å². The summed E-state index contributed by atoms with van der Waals surface area (Å²) in [5.74, 6) is 1.88. The quantitative estimate of drug-likeness (QED) is 0.760. The van der Waals surface area contributed by atoms with Crippen LogP contribution in [0, 0.1) is 0 Å². The number of hydrogen-bond donors (Lipinski definition) is 0. The summed E-state index contributed by atoms with van der Waals surface area (Å²) in [6.07, 6.45) is 7.46. The molecule has 1 aliphatic heterocycles. The van der Waals surface area contributed by atoms with E-state index >= 15 is 0 Å². The van der Waals surface area contributed by atoms with Gasteiger partial charge in [0.2, 0.25) is 10.0 Å². The van der Waals surface area contributed by atoms with Crippen LogP contribution in [-0.2, 0) is 10.0 Å². The Hall–Kier alpha value is -1.41. The molecule has 3 aliphatic rings. The predicted molar refractivity (Wildman–Crippen MR) is 98.4 cm³/mol. The standard InChI is InChI=1S/C17H27N5O2S/c1-20(2)16-11-17(19-12-18-16)22(13-3-4-13)14-7-9-21(10-8-14)25(23,24)15-5-6-15/h11-15H,3-10H2,1-2H3. The Morgan fingerprint density at radius 3 is 2.12 bits per heavy atom. The molecule has 0 atom stereocenters. The molecule has 0 bridgehead atoms. The highest BCUT2D eigenvalue weighted by Crippen LogP contribution is 2.37. The van der Waals surface area contributed by atoms with Crippen LogP contribution < -0.4 is 9.80 Å². The van der Waals surface area contributed by atoms with E-state index in [2.05, 4.69) is 14.9 Å². The van der Waals surface area contributed by atoms with Crippen molar-refractivity contribution in [2.24, 2.45) is 0 Å². The predicted octanol–water partition coefficient (Wildman–Crippen LogP) is 1.47. The van der Waals surface area contributed by atoms with Gasteiger partial charge in [-0.3, -0.25) is 0 Å². The van der Waals surface area contributed by atoms with Crippen LogP contribution >= 0.6 is 0 Å². The highest BCUT2D eigenvalue weighted by atomic mass is 32.2. The first-order valence-corrected chi connectivity index (χ1v) is 10.7. The van der Waals surface area contributed by atoms with E-state index in [1.165, 1.54) is 12.8 Å². The zero-order chi connectivity index (χ0) is 17.6. The molecule has 7 nitrogen and oxygen atoms in total. The molecule has 2 heterocycles. The summed E-state index contributed by atoms with van der Waals surface area (Å²) in [7, 11) is 0.919. The SMILES string of the molecule is CN(C)c1cc(N(C2CC2)C2CCN(S(=O)(=O)C3CC3)CC2)ncn1. The molecule has 2 aliphatic carbocycles. The second-order valence-corrected chi connectivity index (χ2v) is 9.85. The fourth-order valence-electron chi connectivity index (χ4n) is 3.70. The smallest absolute Gasteiger partial charge is 0.216 e. The molecule has 1 aromatic heterocycles. The molecular formula is C17H27N5O2S. The lowest BCUT2D eigenvalue weighted by Crippen LogP contribution is -2.48. The second kappa shape index (κ2) is 6.39. The molecule has 0 radical (unpaired) electrons. The van der Waals surface area contributed by atoms with Gasteiger partial charge < -0.3 is 9.80 Å². The Morgan fingerprint density at radius 2 is 1.56 bits per heavy atom. The lowest BCUT2D eigenvalue weighted by Gasteiger charge is -2.39. The number of rotatable bonds is 6. The normalized spacial score (nSPS) is 22.8. The van der Waals surface area contributed by atoms with Gasteiger partial charge in [-0.2, -0.15) is 0 Å². The van der Waals surface area contributed by atoms with Crippen LogP contribution in [0.5, 0.6) is 0 Å². The molecule has 4 rings (SSSR count). The molecule has 0 amide bonds. The summed E-state index contributed by atoms with van der Waals surface area (Å²) >= 11 is 0. The number of anilines is 2. The van der Waals surface area contributed by atoms with Crippen LogP contribution in [0.1, 0.15) is 38.5 Å². The van der Waals surface area contributed by atoms with Crippen molar-refractivity contribution in [2.75, 3.05) is 37.0 Å². The van der Waals surface area contributed by atoms with Crippen molar-refractivity contribution >= 4 is 21.7 Å². The lowest BCUT2D eigenvalue weighted by atomic mass is 10.0. The van der Waals surface area contributed by atoms with Crippen molar-refractivity contribution in [3.05, 3.63) is 12.4 Å². The molecule has 3 fully saturated rings. The molecule has 0 aromatic carbocycles. The minimum atomic E-state index is -3.04. The van der Waals surface area contributed by atoms with Crippen LogP contribution in [0.2, 0.25) is 0 Å². The van der Waals surface area contributed by atoms with Crippen molar-refractivity contribution in [1.82, 2.24) is 14.3 Å². The third-order valence-electron chi connectivity index (χ3n) is 5.42. The van der Waals surface area contributed by atoms with Gasteiger partial charge >= 0.3 is 0 Å². The van der Waals surface area contributed by atoms with E-state index in [1.54, 1.807) is 10.6 Å². The summed E-state index contributed by atoms with van der Waals surface area (Å²) in [4.78, 5) is 13.3. The van der Waals surface area contributed by atoms with Crippen molar-refractivity contribution < 1.29 is 8.42 Å². The lowest BCUT2D eigenvalue weighted by molar-refractivity contribution is 0.307. The minimum Gasteiger partial charge on any atom is -0.363 e. The van der Waals surface area contributed by atoms with Crippen LogP contribution in [0.3, 0.4) is 0 Å². The van der Waals surface area contributed by atoms with Crippen LogP contribution in [-0.4, -0.2) is 67.2 Å². The fraction of sp³-hybridized carbons (Fsp3) is 0.765. The van der Waals surface area contributed by atoms with Gasteiger partial charge in [-0.15, -0.1) is 0 Å². The average molecular weight is 366 g/mol. The molecule has 138 valence electrons. The van der Waals surface area contributed by atoms with E-state index in [1.807, 2.05) is 25.1 Å². The molecule has 0 N–H and O–H groups in total. The maximum atomic E-state index is 12.4. The molecule has 0 unspecified atom stereocenters. The highest BCUT2D eigenvalue weighted by Gasteiger charge is 2.43. The van der Waals surface area contributed by atoms with Crippen LogP contribution in [0.15, 0.2) is 12.4 Å². The van der Waals surface area contributed by atoms with Crippen molar-refractivity contribution in [3.8, 4) is 0 Å². The number of piperidine rings is 1. The van der Waals surface area contributed by atoms with E-state index in [-0.39, 0.29) is 5.25 Å². The Labute approximate surface area is 150 Å². The maximum absolute atomic E-state index is 12.4. The van der Waals surface area contributed by atoms with Crippen molar-refractivity contribution in [1.29, 1.82) is 0 Å². The first-order valence-electron chi connectivity index (χ1n) is 9.23. The maximum Gasteiger partial charge on any atom is 0.216 e. The summed E-state index contributed by atoms with van der Waals surface area (Å²) in [6.45, 7) is 1.27. The monoisotopic (exact) mass is 365 g/mol. The largest absolute Gasteiger partial charge is 0.363 e. The zero-order valence-electron chi connectivity index (χ0n) is 15.0. The Bertz CT molecular complexity index is 722. The first-order chi connectivity index (χ1) is 12.0. The Morgan fingerprint density at radius 1 is 0.960 bits per heavy atom. The van der Waals surface area contributed by atoms with Gasteiger partial charge in [-0.05, 0) is 38.5 Å². The number of hydrogen-bond acceptors (Lipinski definition) is 6. The van der Waals surface area contributed by atoms with Gasteiger partial charge in [0.15, 0.2) is 0 Å². The molecule has 8 heteroatoms. The fourth-order valence-corrected chi connectivity index (χ4v) is 5.57. The Kier molecular flexibility index (Phi) is 4.35. The van der Waals surface area contributed by atoms with E-state index in [0.717, 1.165) is 37.3 Å². The van der Waals surface area contributed by atoms with Crippen LogP contribution in [0.25, 0.3) is 0 Å². The summed E-state index contributed by atoms with van der Waals surface area (Å²) in [6, 6.07) is 2.95. The molecule has 1 aromatic rings. The van der Waals surface area contributed by atoms with Crippen molar-refractivity contribution in [3.63, 3.8) is 0 Å². The van der Waals surface area contributed by atoms with Gasteiger partial charge in [0, 0.05) is 45.3 Å². The number of aromatic nitrogens is 2. The van der Waals surface area contributed by atoms with E-state index < -0.39 is 10.0 Å². The molecule has 2 saturated carbocycles. The Balaban J connectivity index is 1.48. The van der Waals surface area contributed by atoms with Gasteiger partial charge in [0.25, 0.3) is 0 Å². The molecular weight excluding hydrogens is 338 g/mol. The molecule has 1 saturated heterocycles. The zero-order valence-corrected chi connectivity index (χ0v) is 15.8. The average Bonchev–Trinajstić information content (AvgIpc) is 3.48. The minimum absolute atomic E-state index is 0.104. The van der Waals surface area contributed by atoms with Gasteiger partial charge in [0.1, 0.15) is 18.0 Å². The second-order valence-electron chi connectivity index (χ2n) is 7.64. The highest BCUT2D eigenvalue weighted by molar-refractivity contribution is 7.90. The first kappa shape index (κ1) is 17.0. The summed E-state index contributed by atoms with van der Waals surface area (Å²) < 4.78 is 26.6. The van der Waals surface area contributed by atoms with Crippen molar-refractivity contribution in [2.45, 2.75) is 55.9 Å². The van der Waals surface area contributed by atoms with E-state index in [4.69, 9.17) is 0 Å². The van der Waals surface area contributed by atoms with Gasteiger partial charge in [-0.1, -0.05) is 0 Å². The van der Waals surface area contributed by atoms with Crippen LogP contribution in [0.4, 0.5) is 11.6 Å². The topological polar surface area (TPSA) is 69.6 Å². The summed E-state index contributed by atoms with van der Waals surface area (Å²) in [5, 5.41) is -0.104. The third kappa shape index (κ3) is 3.46. The number of nitrogens with zero attached hydrogens (tertiary/aromatic N) is 5. The molecule has 25 heavy (non-hydrogen) atoms. The van der Waals surface area contributed by atoms with E-state index in [0.29, 0.717) is 25.2 Å². The van der Waals surface area contributed by atoms with Gasteiger partial charge in [0.05, 0.1) is 5.25 Å². The summed E-state index contributed by atoms with van der Waals surface area (Å²) in [5.41, 5.74) is 0. The number of sulfonamides is 1. The molecule has 0 spiro atoms. The van der Waals surface area contributed by atoms with E-state index in [9.17, 15) is 8.42 Å².